The van der Waals surface area contributed by atoms with Crippen molar-refractivity contribution in [3.63, 3.8) is 0 Å². The number of hydrogen-bond acceptors (Lipinski definition) is 5. The summed E-state index contributed by atoms with van der Waals surface area (Å²) in [5.74, 6) is -0.234. The van der Waals surface area contributed by atoms with Crippen molar-refractivity contribution < 1.29 is 9.72 Å². The van der Waals surface area contributed by atoms with Crippen LogP contribution in [0.3, 0.4) is 0 Å². The van der Waals surface area contributed by atoms with Gasteiger partial charge < -0.3 is 5.32 Å². The number of nitrogens with one attached hydrogen (secondary N) is 1. The lowest BCUT2D eigenvalue weighted by molar-refractivity contribution is -0.385. The Balaban J connectivity index is 2.12. The summed E-state index contributed by atoms with van der Waals surface area (Å²) in [6.45, 7) is 6.39. The number of aromatic nitrogens is 4. The van der Waals surface area contributed by atoms with E-state index in [9.17, 15) is 14.9 Å². The summed E-state index contributed by atoms with van der Waals surface area (Å²) in [7, 11) is 0. The molecule has 0 aliphatic carbocycles. The molecular formula is C14H20N6O3. The summed E-state index contributed by atoms with van der Waals surface area (Å²) in [4.78, 5) is 22.7. The molecule has 0 aliphatic heterocycles. The van der Waals surface area contributed by atoms with Gasteiger partial charge in [0, 0.05) is 12.7 Å². The number of amides is 1. The number of carbonyl (C=O) groups is 1. The van der Waals surface area contributed by atoms with Crippen molar-refractivity contribution in [1.82, 2.24) is 24.9 Å². The van der Waals surface area contributed by atoms with E-state index in [1.165, 1.54) is 10.9 Å². The van der Waals surface area contributed by atoms with Crippen LogP contribution in [0.2, 0.25) is 0 Å². The summed E-state index contributed by atoms with van der Waals surface area (Å²) in [6, 6.07) is 1.04. The molecule has 23 heavy (non-hydrogen) atoms. The third-order valence-corrected chi connectivity index (χ3v) is 3.66. The number of aryl methyl sites for hydroxylation is 1. The Kier molecular flexibility index (Phi) is 5.09. The van der Waals surface area contributed by atoms with Crippen LogP contribution < -0.4 is 5.32 Å². The molecule has 9 nitrogen and oxygen atoms in total. The number of rotatable bonds is 7. The second kappa shape index (κ2) is 7.03. The topological polar surface area (TPSA) is 108 Å². The minimum absolute atomic E-state index is 0.131. The van der Waals surface area contributed by atoms with Gasteiger partial charge in [0.25, 0.3) is 0 Å². The summed E-state index contributed by atoms with van der Waals surface area (Å²) in [6.07, 6.45) is 4.58. The van der Waals surface area contributed by atoms with Gasteiger partial charge in [0.05, 0.1) is 16.7 Å². The van der Waals surface area contributed by atoms with Crippen molar-refractivity contribution in [3.05, 3.63) is 40.5 Å². The first-order valence-electron chi connectivity index (χ1n) is 7.48. The second-order valence-electron chi connectivity index (χ2n) is 5.16. The SMILES string of the molecule is CCC(C(=O)NC(C)c1ccnn1CC)n1cc([N+](=O)[O-])cn1. The summed E-state index contributed by atoms with van der Waals surface area (Å²) >= 11 is 0. The molecule has 2 unspecified atom stereocenters. The molecule has 0 spiro atoms. The van der Waals surface area contributed by atoms with E-state index in [1.807, 2.05) is 31.5 Å². The maximum atomic E-state index is 12.5. The Morgan fingerprint density at radius 3 is 2.74 bits per heavy atom. The molecule has 0 fully saturated rings. The minimum atomic E-state index is -0.593. The highest BCUT2D eigenvalue weighted by Gasteiger charge is 2.24. The third kappa shape index (κ3) is 3.55. The largest absolute Gasteiger partial charge is 0.346 e. The highest BCUT2D eigenvalue weighted by molar-refractivity contribution is 5.80. The predicted octanol–water partition coefficient (Wildman–Crippen LogP) is 1.84. The van der Waals surface area contributed by atoms with Crippen molar-refractivity contribution in [2.24, 2.45) is 0 Å². The predicted molar refractivity (Wildman–Crippen MR) is 82.7 cm³/mol. The zero-order valence-corrected chi connectivity index (χ0v) is 13.3. The first-order chi connectivity index (χ1) is 11.0. The van der Waals surface area contributed by atoms with E-state index in [4.69, 9.17) is 0 Å². The molecule has 0 bridgehead atoms. The van der Waals surface area contributed by atoms with Crippen molar-refractivity contribution in [1.29, 1.82) is 0 Å². The number of hydrogen-bond donors (Lipinski definition) is 1. The molecule has 0 saturated carbocycles. The summed E-state index contributed by atoms with van der Waals surface area (Å²) < 4.78 is 3.14. The van der Waals surface area contributed by atoms with Gasteiger partial charge in [-0.3, -0.25) is 24.3 Å². The molecule has 0 aliphatic rings. The number of nitro groups is 1. The molecular weight excluding hydrogens is 300 g/mol. The zero-order chi connectivity index (χ0) is 17.0. The standard InChI is InChI=1S/C14H20N6O3/c1-4-12(19-9-11(8-16-19)20(22)23)14(21)17-10(3)13-6-7-15-18(13)5-2/h6-10,12H,4-5H2,1-3H3,(H,17,21). The van der Waals surface area contributed by atoms with E-state index in [2.05, 4.69) is 15.5 Å². The van der Waals surface area contributed by atoms with Crippen LogP contribution in [0.15, 0.2) is 24.7 Å². The van der Waals surface area contributed by atoms with E-state index in [-0.39, 0.29) is 17.6 Å². The summed E-state index contributed by atoms with van der Waals surface area (Å²) in [5, 5.41) is 21.8. The van der Waals surface area contributed by atoms with Crippen LogP contribution in [0.25, 0.3) is 0 Å². The normalized spacial score (nSPS) is 13.5. The van der Waals surface area contributed by atoms with Gasteiger partial charge in [-0.1, -0.05) is 6.92 Å². The van der Waals surface area contributed by atoms with Crippen LogP contribution in [0.5, 0.6) is 0 Å². The van der Waals surface area contributed by atoms with Crippen LogP contribution in [0.4, 0.5) is 5.69 Å². The second-order valence-corrected chi connectivity index (χ2v) is 5.16. The fourth-order valence-electron chi connectivity index (χ4n) is 2.44. The lowest BCUT2D eigenvalue weighted by atomic mass is 10.1. The van der Waals surface area contributed by atoms with Gasteiger partial charge in [-0.2, -0.15) is 10.2 Å². The summed E-state index contributed by atoms with van der Waals surface area (Å²) in [5.41, 5.74) is 0.774. The molecule has 0 aromatic carbocycles. The van der Waals surface area contributed by atoms with E-state index >= 15 is 0 Å². The quantitative estimate of drug-likeness (QED) is 0.618. The van der Waals surface area contributed by atoms with E-state index in [1.54, 1.807) is 6.20 Å². The van der Waals surface area contributed by atoms with Gasteiger partial charge in [-0.25, -0.2) is 0 Å². The third-order valence-electron chi connectivity index (χ3n) is 3.66. The van der Waals surface area contributed by atoms with Gasteiger partial charge in [-0.05, 0) is 26.3 Å². The highest BCUT2D eigenvalue weighted by Crippen LogP contribution is 2.18. The number of nitrogens with zero attached hydrogens (tertiary/aromatic N) is 5. The zero-order valence-electron chi connectivity index (χ0n) is 13.3. The van der Waals surface area contributed by atoms with Crippen LogP contribution >= 0.6 is 0 Å². The van der Waals surface area contributed by atoms with Gasteiger partial charge in [0.15, 0.2) is 0 Å². The highest BCUT2D eigenvalue weighted by atomic mass is 16.6. The van der Waals surface area contributed by atoms with Crippen LogP contribution in [0, 0.1) is 10.1 Å². The first-order valence-corrected chi connectivity index (χ1v) is 7.48. The van der Waals surface area contributed by atoms with Gasteiger partial charge >= 0.3 is 5.69 Å². The molecule has 9 heteroatoms. The molecule has 0 radical (unpaired) electrons. The average Bonchev–Trinajstić information content (AvgIpc) is 3.16. The lowest BCUT2D eigenvalue weighted by Crippen LogP contribution is -2.35. The van der Waals surface area contributed by atoms with Crippen molar-refractivity contribution in [2.45, 2.75) is 45.8 Å². The van der Waals surface area contributed by atoms with Gasteiger partial charge in [0.1, 0.15) is 18.4 Å². The Morgan fingerprint density at radius 2 is 2.17 bits per heavy atom. The molecule has 124 valence electrons. The Bertz CT molecular complexity index is 692. The Labute approximate surface area is 133 Å². The maximum Gasteiger partial charge on any atom is 0.307 e. The molecule has 2 aromatic rings. The molecule has 1 N–H and O–H groups in total. The average molecular weight is 320 g/mol. The smallest absolute Gasteiger partial charge is 0.307 e. The van der Waals surface area contributed by atoms with Gasteiger partial charge in [0.2, 0.25) is 5.91 Å². The number of carbonyl (C=O) groups excluding carboxylic acids is 1. The monoisotopic (exact) mass is 320 g/mol. The molecule has 2 atom stereocenters. The molecule has 2 rings (SSSR count). The van der Waals surface area contributed by atoms with E-state index in [0.29, 0.717) is 13.0 Å². The van der Waals surface area contributed by atoms with E-state index in [0.717, 1.165) is 11.9 Å². The van der Waals surface area contributed by atoms with Crippen LogP contribution in [0.1, 0.15) is 45.0 Å². The molecule has 2 heterocycles. The lowest BCUT2D eigenvalue weighted by Gasteiger charge is -2.20. The Morgan fingerprint density at radius 1 is 1.43 bits per heavy atom. The van der Waals surface area contributed by atoms with E-state index < -0.39 is 11.0 Å². The molecule has 1 amide bonds. The van der Waals surface area contributed by atoms with Crippen molar-refractivity contribution in [3.8, 4) is 0 Å². The van der Waals surface area contributed by atoms with Crippen molar-refractivity contribution >= 4 is 11.6 Å². The fourth-order valence-corrected chi connectivity index (χ4v) is 2.44. The Hall–Kier alpha value is -2.71. The van der Waals surface area contributed by atoms with Crippen molar-refractivity contribution in [2.75, 3.05) is 0 Å². The minimum Gasteiger partial charge on any atom is -0.346 e. The maximum absolute atomic E-state index is 12.5. The first kappa shape index (κ1) is 16.7. The van der Waals surface area contributed by atoms with Crippen LogP contribution in [-0.2, 0) is 11.3 Å². The van der Waals surface area contributed by atoms with Crippen LogP contribution in [-0.4, -0.2) is 30.4 Å². The molecule has 0 saturated heterocycles. The fraction of sp³-hybridized carbons (Fsp3) is 0.500. The molecule has 2 aromatic heterocycles. The van der Waals surface area contributed by atoms with Gasteiger partial charge in [-0.15, -0.1) is 0 Å².